The third kappa shape index (κ3) is 3.05. The van der Waals surface area contributed by atoms with Crippen LogP contribution in [0.25, 0.3) is 0 Å². The quantitative estimate of drug-likeness (QED) is 0.861. The van der Waals surface area contributed by atoms with Gasteiger partial charge in [0.1, 0.15) is 0 Å². The number of nitrogens with one attached hydrogen (secondary N) is 1. The molecule has 2 aromatic rings. The lowest BCUT2D eigenvalue weighted by Crippen LogP contribution is -2.23. The van der Waals surface area contributed by atoms with Crippen LogP contribution in [0, 0.1) is 11.6 Å². The lowest BCUT2D eigenvalue weighted by molar-refractivity contribution is 0.503. The van der Waals surface area contributed by atoms with Crippen LogP contribution in [0.15, 0.2) is 42.5 Å². The molecular formula is C17H19F2N. The molecule has 0 aliphatic rings. The zero-order valence-corrected chi connectivity index (χ0v) is 11.8. The van der Waals surface area contributed by atoms with Gasteiger partial charge in [-0.1, -0.05) is 44.2 Å². The molecule has 0 saturated heterocycles. The molecule has 0 heterocycles. The summed E-state index contributed by atoms with van der Waals surface area (Å²) in [6.45, 7) is 4.84. The molecule has 2 aromatic carbocycles. The second-order valence-electron chi connectivity index (χ2n) is 4.72. The number of hydrogen-bond acceptors (Lipinski definition) is 1. The highest BCUT2D eigenvalue weighted by Crippen LogP contribution is 2.26. The van der Waals surface area contributed by atoms with Crippen molar-refractivity contribution in [3.63, 3.8) is 0 Å². The highest BCUT2D eigenvalue weighted by Gasteiger charge is 2.17. The molecule has 2 rings (SSSR count). The molecule has 106 valence electrons. The summed E-state index contributed by atoms with van der Waals surface area (Å²) >= 11 is 0. The first kappa shape index (κ1) is 14.7. The minimum Gasteiger partial charge on any atom is -0.307 e. The minimum atomic E-state index is -0.812. The van der Waals surface area contributed by atoms with Crippen molar-refractivity contribution >= 4 is 0 Å². The van der Waals surface area contributed by atoms with Crippen LogP contribution in [0.1, 0.15) is 36.6 Å². The Bertz CT molecular complexity index is 581. The molecule has 0 radical (unpaired) electrons. The Hall–Kier alpha value is -1.74. The molecule has 1 unspecified atom stereocenters. The number of hydrogen-bond donors (Lipinski definition) is 1. The highest BCUT2D eigenvalue weighted by atomic mass is 19.2. The predicted octanol–water partition coefficient (Wildman–Crippen LogP) is 4.23. The van der Waals surface area contributed by atoms with Gasteiger partial charge in [0.2, 0.25) is 0 Å². The van der Waals surface area contributed by atoms with Crippen molar-refractivity contribution < 1.29 is 8.78 Å². The van der Waals surface area contributed by atoms with E-state index in [1.54, 1.807) is 6.07 Å². The summed E-state index contributed by atoms with van der Waals surface area (Å²) in [5.74, 6) is -1.62. The molecular weight excluding hydrogens is 256 g/mol. The summed E-state index contributed by atoms with van der Waals surface area (Å²) in [5.41, 5.74) is 3.07. The van der Waals surface area contributed by atoms with E-state index in [4.69, 9.17) is 0 Å². The molecule has 1 nitrogen and oxygen atoms in total. The topological polar surface area (TPSA) is 12.0 Å². The van der Waals surface area contributed by atoms with Gasteiger partial charge >= 0.3 is 0 Å². The van der Waals surface area contributed by atoms with Crippen molar-refractivity contribution in [2.75, 3.05) is 6.54 Å². The minimum absolute atomic E-state index is 0.119. The Morgan fingerprint density at radius 3 is 2.40 bits per heavy atom. The zero-order valence-electron chi connectivity index (χ0n) is 11.8. The summed E-state index contributed by atoms with van der Waals surface area (Å²) in [4.78, 5) is 0. The average molecular weight is 275 g/mol. The largest absolute Gasteiger partial charge is 0.307 e. The van der Waals surface area contributed by atoms with E-state index in [-0.39, 0.29) is 6.04 Å². The molecule has 0 aromatic heterocycles. The normalized spacial score (nSPS) is 12.4. The maximum Gasteiger partial charge on any atom is 0.159 e. The maximum atomic E-state index is 13.5. The Labute approximate surface area is 118 Å². The summed E-state index contributed by atoms with van der Waals surface area (Å²) in [7, 11) is 0. The highest BCUT2D eigenvalue weighted by molar-refractivity contribution is 5.37. The van der Waals surface area contributed by atoms with Crippen molar-refractivity contribution in [2.45, 2.75) is 26.3 Å². The first-order valence-electron chi connectivity index (χ1n) is 6.93. The summed E-state index contributed by atoms with van der Waals surface area (Å²) < 4.78 is 26.6. The van der Waals surface area contributed by atoms with Crippen molar-refractivity contribution in [1.29, 1.82) is 0 Å². The Balaban J connectivity index is 2.47. The summed E-state index contributed by atoms with van der Waals surface area (Å²) in [5, 5.41) is 3.35. The fourth-order valence-electron chi connectivity index (χ4n) is 2.44. The van der Waals surface area contributed by atoms with E-state index >= 15 is 0 Å². The smallest absolute Gasteiger partial charge is 0.159 e. The number of aryl methyl sites for hydroxylation is 1. The molecule has 1 atom stereocenters. The summed E-state index contributed by atoms with van der Waals surface area (Å²) in [6, 6.07) is 12.0. The van der Waals surface area contributed by atoms with Crippen LogP contribution in [0.3, 0.4) is 0 Å². The van der Waals surface area contributed by atoms with Gasteiger partial charge in [-0.05, 0) is 41.8 Å². The molecule has 0 aliphatic carbocycles. The van der Waals surface area contributed by atoms with Crippen molar-refractivity contribution in [3.8, 4) is 0 Å². The monoisotopic (exact) mass is 275 g/mol. The lowest BCUT2D eigenvalue weighted by Gasteiger charge is -2.21. The number of rotatable bonds is 5. The average Bonchev–Trinajstić information content (AvgIpc) is 2.48. The number of halogens is 2. The molecule has 0 saturated carbocycles. The van der Waals surface area contributed by atoms with Crippen LogP contribution < -0.4 is 5.32 Å². The molecule has 0 fully saturated rings. The molecule has 0 aliphatic heterocycles. The van der Waals surface area contributed by atoms with E-state index in [0.29, 0.717) is 0 Å². The second kappa shape index (κ2) is 6.62. The van der Waals surface area contributed by atoms with Crippen molar-refractivity contribution in [2.24, 2.45) is 0 Å². The first-order chi connectivity index (χ1) is 9.67. The fraction of sp³-hybridized carbons (Fsp3) is 0.294. The van der Waals surface area contributed by atoms with E-state index < -0.39 is 11.6 Å². The van der Waals surface area contributed by atoms with Crippen molar-refractivity contribution in [1.82, 2.24) is 5.32 Å². The third-order valence-corrected chi connectivity index (χ3v) is 3.43. The SMILES string of the molecule is CCNC(c1ccc(F)c(F)c1)c1ccccc1CC. The molecule has 0 spiro atoms. The van der Waals surface area contributed by atoms with Gasteiger partial charge in [0.25, 0.3) is 0 Å². The third-order valence-electron chi connectivity index (χ3n) is 3.43. The van der Waals surface area contributed by atoms with E-state index in [0.717, 1.165) is 24.1 Å². The molecule has 1 N–H and O–H groups in total. The first-order valence-corrected chi connectivity index (χ1v) is 6.93. The number of benzene rings is 2. The van der Waals surface area contributed by atoms with Gasteiger partial charge in [-0.25, -0.2) is 8.78 Å². The Morgan fingerprint density at radius 1 is 1.00 bits per heavy atom. The van der Waals surface area contributed by atoms with E-state index in [1.165, 1.54) is 17.7 Å². The molecule has 0 bridgehead atoms. The zero-order chi connectivity index (χ0) is 14.5. The summed E-state index contributed by atoms with van der Waals surface area (Å²) in [6.07, 6.45) is 0.905. The van der Waals surface area contributed by atoms with Gasteiger partial charge in [-0.15, -0.1) is 0 Å². The fourth-order valence-corrected chi connectivity index (χ4v) is 2.44. The van der Waals surface area contributed by atoms with Crippen LogP contribution in [0.5, 0.6) is 0 Å². The van der Waals surface area contributed by atoms with Gasteiger partial charge in [0.05, 0.1) is 6.04 Å². The predicted molar refractivity (Wildman–Crippen MR) is 77.7 cm³/mol. The Morgan fingerprint density at radius 2 is 1.75 bits per heavy atom. The lowest BCUT2D eigenvalue weighted by atomic mass is 9.93. The van der Waals surface area contributed by atoms with E-state index in [2.05, 4.69) is 18.3 Å². The van der Waals surface area contributed by atoms with Crippen LogP contribution >= 0.6 is 0 Å². The van der Waals surface area contributed by atoms with E-state index in [1.807, 2.05) is 25.1 Å². The van der Waals surface area contributed by atoms with E-state index in [9.17, 15) is 8.78 Å². The van der Waals surface area contributed by atoms with Gasteiger partial charge < -0.3 is 5.32 Å². The van der Waals surface area contributed by atoms with Gasteiger partial charge in [0.15, 0.2) is 11.6 Å². The van der Waals surface area contributed by atoms with Gasteiger partial charge in [-0.3, -0.25) is 0 Å². The molecule has 3 heteroatoms. The van der Waals surface area contributed by atoms with Gasteiger partial charge in [-0.2, -0.15) is 0 Å². The molecule has 20 heavy (non-hydrogen) atoms. The van der Waals surface area contributed by atoms with Crippen LogP contribution in [0.2, 0.25) is 0 Å². The van der Waals surface area contributed by atoms with Crippen molar-refractivity contribution in [3.05, 3.63) is 70.8 Å². The van der Waals surface area contributed by atoms with Crippen LogP contribution in [-0.2, 0) is 6.42 Å². The maximum absolute atomic E-state index is 13.5. The van der Waals surface area contributed by atoms with Crippen LogP contribution in [-0.4, -0.2) is 6.54 Å². The Kier molecular flexibility index (Phi) is 4.85. The second-order valence-corrected chi connectivity index (χ2v) is 4.72. The van der Waals surface area contributed by atoms with Crippen LogP contribution in [0.4, 0.5) is 8.78 Å². The molecule has 0 amide bonds. The standard InChI is InChI=1S/C17H19F2N/c1-3-12-7-5-6-8-14(12)17(20-4-2)13-9-10-15(18)16(19)11-13/h5-11,17,20H,3-4H2,1-2H3. The van der Waals surface area contributed by atoms with Gasteiger partial charge in [0, 0.05) is 0 Å².